The molecule has 0 saturated carbocycles. The van der Waals surface area contributed by atoms with E-state index in [1.807, 2.05) is 22.8 Å². The van der Waals surface area contributed by atoms with Crippen LogP contribution in [0.4, 0.5) is 0 Å². The average Bonchev–Trinajstić information content (AvgIpc) is 3.08. The van der Waals surface area contributed by atoms with Gasteiger partial charge in [-0.25, -0.2) is 0 Å². The first-order valence-corrected chi connectivity index (χ1v) is 9.16. The number of hydrogen-bond donors (Lipinski definition) is 0. The molecule has 0 fully saturated rings. The number of benzene rings is 2. The number of ether oxygens (including phenoxy) is 2. The van der Waals surface area contributed by atoms with Gasteiger partial charge < -0.3 is 9.47 Å². The predicted molar refractivity (Wildman–Crippen MR) is 104 cm³/mol. The van der Waals surface area contributed by atoms with Crippen molar-refractivity contribution < 1.29 is 9.47 Å². The summed E-state index contributed by atoms with van der Waals surface area (Å²) in [5.41, 5.74) is 3.33. The molecule has 138 valence electrons. The monoisotopic (exact) mass is 362 g/mol. The molecule has 1 atom stereocenters. The zero-order valence-corrected chi connectivity index (χ0v) is 15.5. The molecule has 1 aliphatic rings. The Hall–Kier alpha value is -3.08. The maximum Gasteiger partial charge on any atom is 0.300 e. The van der Waals surface area contributed by atoms with E-state index < -0.39 is 0 Å². The first-order valence-electron chi connectivity index (χ1n) is 9.16. The summed E-state index contributed by atoms with van der Waals surface area (Å²) in [4.78, 5) is 15.2. The van der Waals surface area contributed by atoms with Crippen molar-refractivity contribution in [2.45, 2.75) is 32.4 Å². The van der Waals surface area contributed by atoms with Gasteiger partial charge in [0.2, 0.25) is 0 Å². The van der Waals surface area contributed by atoms with E-state index in [-0.39, 0.29) is 11.7 Å². The highest BCUT2D eigenvalue weighted by Gasteiger charge is 2.23. The highest BCUT2D eigenvalue weighted by Crippen LogP contribution is 2.27. The molecule has 0 spiro atoms. The summed E-state index contributed by atoms with van der Waals surface area (Å²) in [6.07, 6.45) is 1.54. The van der Waals surface area contributed by atoms with E-state index >= 15 is 0 Å². The molecule has 27 heavy (non-hydrogen) atoms. The van der Waals surface area contributed by atoms with Crippen LogP contribution in [0.3, 0.4) is 0 Å². The van der Waals surface area contributed by atoms with Crippen LogP contribution in [-0.2, 0) is 6.54 Å². The van der Waals surface area contributed by atoms with Crippen molar-refractivity contribution in [3.63, 3.8) is 0 Å². The topological polar surface area (TPSA) is 53.4 Å². The second-order valence-electron chi connectivity index (χ2n) is 7.06. The van der Waals surface area contributed by atoms with Crippen LogP contribution in [0, 0.1) is 0 Å². The minimum Gasteiger partial charge on any atom is -0.490 e. The Balaban J connectivity index is 1.45. The van der Waals surface area contributed by atoms with Gasteiger partial charge in [0, 0.05) is 12.3 Å². The van der Waals surface area contributed by atoms with Gasteiger partial charge in [-0.2, -0.15) is 4.98 Å². The number of hydrogen-bond acceptors (Lipinski definition) is 4. The minimum absolute atomic E-state index is 0.160. The normalized spacial score (nSPS) is 15.4. The smallest absolute Gasteiger partial charge is 0.300 e. The Kier molecular flexibility index (Phi) is 4.67. The van der Waals surface area contributed by atoms with E-state index in [9.17, 15) is 4.79 Å². The van der Waals surface area contributed by atoms with Gasteiger partial charge in [-0.1, -0.05) is 50.2 Å². The Morgan fingerprint density at radius 3 is 2.74 bits per heavy atom. The van der Waals surface area contributed by atoms with Gasteiger partial charge in [0.25, 0.3) is 11.6 Å². The summed E-state index contributed by atoms with van der Waals surface area (Å²) in [5, 5.41) is 0. The third kappa shape index (κ3) is 3.87. The second kappa shape index (κ2) is 7.27. The number of rotatable bonds is 5. The van der Waals surface area contributed by atoms with Crippen molar-refractivity contribution in [2.24, 2.45) is 0 Å². The van der Waals surface area contributed by atoms with Gasteiger partial charge in [0.1, 0.15) is 12.4 Å². The summed E-state index contributed by atoms with van der Waals surface area (Å²) < 4.78 is 13.5. The fourth-order valence-electron chi connectivity index (χ4n) is 3.17. The van der Waals surface area contributed by atoms with Crippen molar-refractivity contribution >= 4 is 0 Å². The fraction of sp³-hybridized carbons (Fsp3) is 0.273. The van der Waals surface area contributed by atoms with Crippen molar-refractivity contribution in [3.8, 4) is 22.9 Å². The van der Waals surface area contributed by atoms with E-state index in [2.05, 4.69) is 49.2 Å². The molecule has 0 bridgehead atoms. The van der Waals surface area contributed by atoms with Crippen molar-refractivity contribution in [1.82, 2.24) is 9.55 Å². The Labute approximate surface area is 158 Å². The summed E-state index contributed by atoms with van der Waals surface area (Å²) in [6.45, 7) is 5.41. The van der Waals surface area contributed by atoms with Gasteiger partial charge in [0.15, 0.2) is 6.10 Å². The van der Waals surface area contributed by atoms with Gasteiger partial charge in [-0.3, -0.25) is 9.36 Å². The lowest BCUT2D eigenvalue weighted by atomic mass is 9.97. The largest absolute Gasteiger partial charge is 0.490 e. The van der Waals surface area contributed by atoms with Crippen LogP contribution < -0.4 is 15.0 Å². The average molecular weight is 362 g/mol. The van der Waals surface area contributed by atoms with E-state index in [0.717, 1.165) is 11.3 Å². The number of aromatic nitrogens is 2. The summed E-state index contributed by atoms with van der Waals surface area (Å²) in [5.74, 6) is 1.29. The molecular formula is C22H22N2O3. The lowest BCUT2D eigenvalue weighted by molar-refractivity contribution is 0.143. The van der Waals surface area contributed by atoms with Crippen LogP contribution in [0.15, 0.2) is 65.6 Å². The van der Waals surface area contributed by atoms with Gasteiger partial charge in [-0.05, 0) is 34.7 Å². The maximum atomic E-state index is 11.3. The van der Waals surface area contributed by atoms with Crippen LogP contribution in [0.25, 0.3) is 11.1 Å². The molecule has 5 heteroatoms. The lowest BCUT2D eigenvalue weighted by Crippen LogP contribution is -2.23. The molecule has 1 aromatic heterocycles. The quantitative estimate of drug-likeness (QED) is 0.691. The minimum atomic E-state index is -0.292. The molecule has 2 aromatic carbocycles. The van der Waals surface area contributed by atoms with Crippen molar-refractivity contribution in [3.05, 3.63) is 76.7 Å². The first kappa shape index (κ1) is 17.3. The van der Waals surface area contributed by atoms with E-state index in [0.29, 0.717) is 25.1 Å². The van der Waals surface area contributed by atoms with Gasteiger partial charge in [-0.15, -0.1) is 0 Å². The Morgan fingerprint density at radius 1 is 1.15 bits per heavy atom. The maximum absolute atomic E-state index is 11.3. The molecule has 0 saturated heterocycles. The molecule has 4 rings (SSSR count). The van der Waals surface area contributed by atoms with E-state index in [1.54, 1.807) is 6.20 Å². The molecule has 1 unspecified atom stereocenters. The SMILES string of the molecule is CC(C)c1cccc(-c2cccc(OCC3Cn4ccc(=O)nc4O3)c2)c1. The van der Waals surface area contributed by atoms with E-state index in [1.165, 1.54) is 17.2 Å². The summed E-state index contributed by atoms with van der Waals surface area (Å²) in [6, 6.07) is 18.5. The predicted octanol–water partition coefficient (Wildman–Crippen LogP) is 3.87. The molecule has 0 aliphatic carbocycles. The zero-order valence-electron chi connectivity index (χ0n) is 15.5. The van der Waals surface area contributed by atoms with Crippen LogP contribution in [0.1, 0.15) is 25.3 Å². The highest BCUT2D eigenvalue weighted by molar-refractivity contribution is 5.66. The van der Waals surface area contributed by atoms with Gasteiger partial charge in [0.05, 0.1) is 6.54 Å². The van der Waals surface area contributed by atoms with Crippen molar-refractivity contribution in [2.75, 3.05) is 6.61 Å². The van der Waals surface area contributed by atoms with Crippen molar-refractivity contribution in [1.29, 1.82) is 0 Å². The van der Waals surface area contributed by atoms with Crippen LogP contribution in [0.2, 0.25) is 0 Å². The fourth-order valence-corrected chi connectivity index (χ4v) is 3.17. The zero-order chi connectivity index (χ0) is 18.8. The number of nitrogens with zero attached hydrogens (tertiary/aromatic N) is 2. The lowest BCUT2D eigenvalue weighted by Gasteiger charge is -2.13. The molecule has 0 amide bonds. The first-order chi connectivity index (χ1) is 13.1. The van der Waals surface area contributed by atoms with Gasteiger partial charge >= 0.3 is 0 Å². The van der Waals surface area contributed by atoms with E-state index in [4.69, 9.17) is 9.47 Å². The molecule has 2 heterocycles. The van der Waals surface area contributed by atoms with Crippen LogP contribution in [0.5, 0.6) is 11.8 Å². The molecular weight excluding hydrogens is 340 g/mol. The number of fused-ring (bicyclic) bond motifs is 1. The molecule has 3 aromatic rings. The molecule has 5 nitrogen and oxygen atoms in total. The third-order valence-corrected chi connectivity index (χ3v) is 4.68. The Bertz CT molecular complexity index is 1010. The summed E-state index contributed by atoms with van der Waals surface area (Å²) >= 11 is 0. The summed E-state index contributed by atoms with van der Waals surface area (Å²) in [7, 11) is 0. The second-order valence-corrected chi connectivity index (χ2v) is 7.06. The molecule has 0 radical (unpaired) electrons. The third-order valence-electron chi connectivity index (χ3n) is 4.68. The molecule has 1 aliphatic heterocycles. The van der Waals surface area contributed by atoms with Crippen LogP contribution >= 0.6 is 0 Å². The standard InChI is InChI=1S/C22H22N2O3/c1-15(2)16-5-3-6-17(11-16)18-7-4-8-19(12-18)26-14-20-13-24-10-9-21(25)23-22(24)27-20/h3-12,15,20H,13-14H2,1-2H3. The van der Waals surface area contributed by atoms with Crippen LogP contribution in [-0.4, -0.2) is 22.3 Å². The molecule has 0 N–H and O–H groups in total. The Morgan fingerprint density at radius 2 is 1.93 bits per heavy atom. The highest BCUT2D eigenvalue weighted by atomic mass is 16.6.